The van der Waals surface area contributed by atoms with Gasteiger partial charge in [0.25, 0.3) is 6.43 Å². The number of ether oxygens (including phenoxy) is 1. The summed E-state index contributed by atoms with van der Waals surface area (Å²) in [5.74, 6) is 0.322. The van der Waals surface area contributed by atoms with Gasteiger partial charge in [0.05, 0.1) is 6.61 Å². The molecule has 0 aromatic carbocycles. The first-order valence-corrected chi connectivity index (χ1v) is 4.19. The second kappa shape index (κ2) is 6.31. The van der Waals surface area contributed by atoms with Crippen LogP contribution in [-0.2, 0) is 4.74 Å². The first-order chi connectivity index (χ1) is 5.57. The minimum absolute atomic E-state index is 0.131. The van der Waals surface area contributed by atoms with Gasteiger partial charge in [-0.05, 0) is 5.92 Å². The van der Waals surface area contributed by atoms with Crippen molar-refractivity contribution in [3.05, 3.63) is 0 Å². The van der Waals surface area contributed by atoms with Crippen LogP contribution < -0.4 is 5.73 Å². The van der Waals surface area contributed by atoms with E-state index in [0.717, 1.165) is 6.42 Å². The van der Waals surface area contributed by atoms with Gasteiger partial charge in [-0.3, -0.25) is 0 Å². The van der Waals surface area contributed by atoms with Crippen molar-refractivity contribution < 1.29 is 13.5 Å². The maximum Gasteiger partial charge on any atom is 0.261 e. The summed E-state index contributed by atoms with van der Waals surface area (Å²) in [4.78, 5) is 0. The average Bonchev–Trinajstić information content (AvgIpc) is 2.02. The lowest BCUT2D eigenvalue weighted by molar-refractivity contribution is 0.00825. The standard InChI is InChI=1S/C8H17F2NO/c1-3-6(2)7(11)4-12-5-8(9)10/h6-8H,3-5,11H2,1-2H3. The number of hydrogen-bond donors (Lipinski definition) is 1. The molecule has 0 aliphatic carbocycles. The molecule has 0 aromatic heterocycles. The number of hydrogen-bond acceptors (Lipinski definition) is 2. The first-order valence-electron chi connectivity index (χ1n) is 4.19. The summed E-state index contributed by atoms with van der Waals surface area (Å²) < 4.78 is 27.9. The van der Waals surface area contributed by atoms with Gasteiger partial charge in [0.15, 0.2) is 0 Å². The normalized spacial score (nSPS) is 16.5. The Morgan fingerprint density at radius 3 is 2.33 bits per heavy atom. The molecule has 0 saturated heterocycles. The highest BCUT2D eigenvalue weighted by atomic mass is 19.3. The molecule has 0 spiro atoms. The zero-order chi connectivity index (χ0) is 9.56. The summed E-state index contributed by atoms with van der Waals surface area (Å²) in [6.45, 7) is 3.71. The molecule has 0 rings (SSSR count). The molecule has 2 nitrogen and oxygen atoms in total. The van der Waals surface area contributed by atoms with E-state index in [1.807, 2.05) is 13.8 Å². The van der Waals surface area contributed by atoms with Gasteiger partial charge in [0.2, 0.25) is 0 Å². The van der Waals surface area contributed by atoms with E-state index >= 15 is 0 Å². The third-order valence-corrected chi connectivity index (χ3v) is 1.93. The van der Waals surface area contributed by atoms with Crippen LogP contribution in [0.15, 0.2) is 0 Å². The quantitative estimate of drug-likeness (QED) is 0.676. The van der Waals surface area contributed by atoms with Crippen molar-refractivity contribution in [2.75, 3.05) is 13.2 Å². The number of rotatable bonds is 6. The van der Waals surface area contributed by atoms with E-state index in [9.17, 15) is 8.78 Å². The molecule has 0 amide bonds. The predicted octanol–water partition coefficient (Wildman–Crippen LogP) is 1.64. The van der Waals surface area contributed by atoms with Crippen molar-refractivity contribution in [2.45, 2.75) is 32.7 Å². The van der Waals surface area contributed by atoms with Crippen LogP contribution in [0.25, 0.3) is 0 Å². The highest BCUT2D eigenvalue weighted by Crippen LogP contribution is 2.05. The van der Waals surface area contributed by atoms with Gasteiger partial charge in [0, 0.05) is 6.04 Å². The molecule has 0 aromatic rings. The lowest BCUT2D eigenvalue weighted by Gasteiger charge is -2.17. The van der Waals surface area contributed by atoms with Crippen molar-refractivity contribution in [3.8, 4) is 0 Å². The number of alkyl halides is 2. The molecule has 12 heavy (non-hydrogen) atoms. The molecule has 4 heteroatoms. The second-order valence-corrected chi connectivity index (χ2v) is 2.98. The summed E-state index contributed by atoms with van der Waals surface area (Å²) in [5.41, 5.74) is 5.64. The largest absolute Gasteiger partial charge is 0.374 e. The zero-order valence-corrected chi connectivity index (χ0v) is 7.59. The highest BCUT2D eigenvalue weighted by molar-refractivity contribution is 4.66. The lowest BCUT2D eigenvalue weighted by atomic mass is 10.0. The van der Waals surface area contributed by atoms with E-state index < -0.39 is 13.0 Å². The molecule has 0 bridgehead atoms. The highest BCUT2D eigenvalue weighted by Gasteiger charge is 2.11. The van der Waals surface area contributed by atoms with E-state index in [1.165, 1.54) is 0 Å². The molecule has 0 heterocycles. The second-order valence-electron chi connectivity index (χ2n) is 2.98. The SMILES string of the molecule is CCC(C)C(N)COCC(F)F. The van der Waals surface area contributed by atoms with Gasteiger partial charge in [-0.15, -0.1) is 0 Å². The van der Waals surface area contributed by atoms with Crippen molar-refractivity contribution in [3.63, 3.8) is 0 Å². The van der Waals surface area contributed by atoms with Crippen LogP contribution in [0.5, 0.6) is 0 Å². The fraction of sp³-hybridized carbons (Fsp3) is 1.00. The maximum absolute atomic E-state index is 11.6. The van der Waals surface area contributed by atoms with Crippen LogP contribution in [0.1, 0.15) is 20.3 Å². The van der Waals surface area contributed by atoms with Gasteiger partial charge in [-0.25, -0.2) is 8.78 Å². The van der Waals surface area contributed by atoms with Gasteiger partial charge >= 0.3 is 0 Å². The molecule has 2 atom stereocenters. The summed E-state index contributed by atoms with van der Waals surface area (Å²) in [7, 11) is 0. The van der Waals surface area contributed by atoms with Crippen LogP contribution in [0.3, 0.4) is 0 Å². The van der Waals surface area contributed by atoms with E-state index in [-0.39, 0.29) is 12.6 Å². The fourth-order valence-corrected chi connectivity index (χ4v) is 0.760. The van der Waals surface area contributed by atoms with Crippen LogP contribution in [0.4, 0.5) is 8.78 Å². The molecule has 0 fully saturated rings. The third-order valence-electron chi connectivity index (χ3n) is 1.93. The monoisotopic (exact) mass is 181 g/mol. The predicted molar refractivity (Wildman–Crippen MR) is 44.3 cm³/mol. The van der Waals surface area contributed by atoms with Crippen LogP contribution in [0.2, 0.25) is 0 Å². The molecular formula is C8H17F2NO. The maximum atomic E-state index is 11.6. The zero-order valence-electron chi connectivity index (χ0n) is 7.59. The summed E-state index contributed by atoms with van der Waals surface area (Å²) in [6, 6.07) is -0.131. The number of nitrogens with two attached hydrogens (primary N) is 1. The summed E-state index contributed by atoms with van der Waals surface area (Å²) in [6.07, 6.45) is -1.45. The lowest BCUT2D eigenvalue weighted by Crippen LogP contribution is -2.33. The Balaban J connectivity index is 3.37. The summed E-state index contributed by atoms with van der Waals surface area (Å²) >= 11 is 0. The van der Waals surface area contributed by atoms with Crippen molar-refractivity contribution in [2.24, 2.45) is 11.7 Å². The van der Waals surface area contributed by atoms with Crippen LogP contribution in [0, 0.1) is 5.92 Å². The molecule has 0 radical (unpaired) electrons. The Morgan fingerprint density at radius 2 is 1.92 bits per heavy atom. The minimum Gasteiger partial charge on any atom is -0.374 e. The topological polar surface area (TPSA) is 35.2 Å². The smallest absolute Gasteiger partial charge is 0.261 e. The van der Waals surface area contributed by atoms with Crippen molar-refractivity contribution in [1.82, 2.24) is 0 Å². The van der Waals surface area contributed by atoms with E-state index in [1.54, 1.807) is 0 Å². The van der Waals surface area contributed by atoms with Crippen molar-refractivity contribution >= 4 is 0 Å². The van der Waals surface area contributed by atoms with Gasteiger partial charge in [-0.2, -0.15) is 0 Å². The summed E-state index contributed by atoms with van der Waals surface area (Å²) in [5, 5.41) is 0. The Kier molecular flexibility index (Phi) is 6.20. The van der Waals surface area contributed by atoms with Crippen molar-refractivity contribution in [1.29, 1.82) is 0 Å². The molecule has 74 valence electrons. The van der Waals surface area contributed by atoms with Crippen LogP contribution >= 0.6 is 0 Å². The molecular weight excluding hydrogens is 164 g/mol. The molecule has 0 aliphatic heterocycles. The molecule has 2 N–H and O–H groups in total. The van der Waals surface area contributed by atoms with Gasteiger partial charge < -0.3 is 10.5 Å². The molecule has 2 unspecified atom stereocenters. The molecule has 0 saturated carbocycles. The van der Waals surface area contributed by atoms with E-state index in [2.05, 4.69) is 0 Å². The van der Waals surface area contributed by atoms with E-state index in [0.29, 0.717) is 5.92 Å². The Labute approximate surface area is 72.1 Å². The minimum atomic E-state index is -2.39. The van der Waals surface area contributed by atoms with Gasteiger partial charge in [-0.1, -0.05) is 20.3 Å². The molecule has 0 aliphatic rings. The Bertz CT molecular complexity index is 111. The van der Waals surface area contributed by atoms with E-state index in [4.69, 9.17) is 10.5 Å². The van der Waals surface area contributed by atoms with Crippen LogP contribution in [-0.4, -0.2) is 25.7 Å². The fourth-order valence-electron chi connectivity index (χ4n) is 0.760. The van der Waals surface area contributed by atoms with Gasteiger partial charge in [0.1, 0.15) is 6.61 Å². The Hall–Kier alpha value is -0.220. The first kappa shape index (κ1) is 11.8. The Morgan fingerprint density at radius 1 is 1.33 bits per heavy atom. The third kappa shape index (κ3) is 5.43. The average molecular weight is 181 g/mol. The number of halogens is 2.